The molecule has 6 heteroatoms. The van der Waals surface area contributed by atoms with Gasteiger partial charge in [-0.25, -0.2) is 0 Å². The lowest BCUT2D eigenvalue weighted by Crippen LogP contribution is -2.23. The van der Waals surface area contributed by atoms with Crippen molar-refractivity contribution in [1.82, 2.24) is 5.32 Å². The molecular formula is C22H19ClN2O3. The van der Waals surface area contributed by atoms with Crippen molar-refractivity contribution in [3.63, 3.8) is 0 Å². The smallest absolute Gasteiger partial charge is 0.255 e. The fraction of sp³-hybridized carbons (Fsp3) is 0.0909. The third-order valence-electron chi connectivity index (χ3n) is 4.12. The van der Waals surface area contributed by atoms with Crippen molar-refractivity contribution in [1.29, 1.82) is 0 Å². The van der Waals surface area contributed by atoms with Crippen LogP contribution in [0.3, 0.4) is 0 Å². The lowest BCUT2D eigenvalue weighted by molar-refractivity contribution is 0.0950. The first-order chi connectivity index (χ1) is 13.6. The fourth-order valence-corrected chi connectivity index (χ4v) is 2.79. The maximum Gasteiger partial charge on any atom is 0.255 e. The van der Waals surface area contributed by atoms with Gasteiger partial charge in [0.2, 0.25) is 0 Å². The van der Waals surface area contributed by atoms with Crippen LogP contribution in [0.5, 0.6) is 5.75 Å². The van der Waals surface area contributed by atoms with E-state index in [-0.39, 0.29) is 11.8 Å². The summed E-state index contributed by atoms with van der Waals surface area (Å²) in [4.78, 5) is 24.9. The standard InChI is InChI=1S/C22H19ClN2O3/c1-28-20-8-3-2-5-17(20)14-24-21(26)15-6-4-7-16(13-15)22(27)25-19-11-9-18(23)10-12-19/h2-13H,14H2,1H3,(H,24,26)(H,25,27). The molecule has 0 radical (unpaired) electrons. The largest absolute Gasteiger partial charge is 0.496 e. The molecule has 0 bridgehead atoms. The maximum atomic E-state index is 12.5. The quantitative estimate of drug-likeness (QED) is 0.645. The number of amides is 2. The van der Waals surface area contributed by atoms with Gasteiger partial charge >= 0.3 is 0 Å². The normalized spacial score (nSPS) is 10.2. The third kappa shape index (κ3) is 4.90. The summed E-state index contributed by atoms with van der Waals surface area (Å²) in [5, 5.41) is 6.21. The molecule has 0 unspecified atom stereocenters. The summed E-state index contributed by atoms with van der Waals surface area (Å²) in [6.07, 6.45) is 0. The molecule has 142 valence electrons. The maximum absolute atomic E-state index is 12.5. The van der Waals surface area contributed by atoms with Crippen molar-refractivity contribution in [2.75, 3.05) is 12.4 Å². The molecule has 0 aliphatic rings. The fourth-order valence-electron chi connectivity index (χ4n) is 2.66. The zero-order chi connectivity index (χ0) is 19.9. The summed E-state index contributed by atoms with van der Waals surface area (Å²) in [6, 6.07) is 20.8. The van der Waals surface area contributed by atoms with Gasteiger partial charge in [-0.2, -0.15) is 0 Å². The molecule has 0 aromatic heterocycles. The molecule has 3 rings (SSSR count). The van der Waals surface area contributed by atoms with Crippen LogP contribution in [0.2, 0.25) is 5.02 Å². The summed E-state index contributed by atoms with van der Waals surface area (Å²) in [6.45, 7) is 0.323. The van der Waals surface area contributed by atoms with E-state index < -0.39 is 0 Å². The number of nitrogens with one attached hydrogen (secondary N) is 2. The number of methoxy groups -OCH3 is 1. The molecular weight excluding hydrogens is 376 g/mol. The molecule has 0 atom stereocenters. The summed E-state index contributed by atoms with van der Waals surface area (Å²) < 4.78 is 5.29. The second-order valence-corrected chi connectivity index (χ2v) is 6.47. The molecule has 0 aliphatic heterocycles. The first kappa shape index (κ1) is 19.5. The lowest BCUT2D eigenvalue weighted by atomic mass is 10.1. The Balaban J connectivity index is 1.67. The second-order valence-electron chi connectivity index (χ2n) is 6.04. The average Bonchev–Trinajstić information content (AvgIpc) is 2.74. The number of rotatable bonds is 6. The summed E-state index contributed by atoms with van der Waals surface area (Å²) >= 11 is 5.85. The summed E-state index contributed by atoms with van der Waals surface area (Å²) in [5.41, 5.74) is 2.29. The first-order valence-corrected chi connectivity index (χ1v) is 9.01. The van der Waals surface area contributed by atoms with Crippen LogP contribution in [0.25, 0.3) is 0 Å². The molecule has 5 nitrogen and oxygen atoms in total. The number of anilines is 1. The Hall–Kier alpha value is -3.31. The van der Waals surface area contributed by atoms with Crippen molar-refractivity contribution in [3.8, 4) is 5.75 Å². The molecule has 0 heterocycles. The van der Waals surface area contributed by atoms with Crippen molar-refractivity contribution in [3.05, 3.63) is 94.5 Å². The number of ether oxygens (including phenoxy) is 1. The molecule has 3 aromatic carbocycles. The van der Waals surface area contributed by atoms with Crippen LogP contribution in [0.1, 0.15) is 26.3 Å². The first-order valence-electron chi connectivity index (χ1n) is 8.64. The molecule has 0 saturated heterocycles. The SMILES string of the molecule is COc1ccccc1CNC(=O)c1cccc(C(=O)Nc2ccc(Cl)cc2)c1. The van der Waals surface area contributed by atoms with E-state index in [9.17, 15) is 9.59 Å². The average molecular weight is 395 g/mol. The molecule has 0 saturated carbocycles. The highest BCUT2D eigenvalue weighted by molar-refractivity contribution is 6.30. The third-order valence-corrected chi connectivity index (χ3v) is 4.37. The highest BCUT2D eigenvalue weighted by Gasteiger charge is 2.11. The van der Waals surface area contributed by atoms with Crippen LogP contribution in [0.4, 0.5) is 5.69 Å². The predicted octanol–water partition coefficient (Wildman–Crippen LogP) is 4.53. The van der Waals surface area contributed by atoms with E-state index in [0.717, 1.165) is 5.56 Å². The van der Waals surface area contributed by atoms with Gasteiger partial charge in [0.1, 0.15) is 5.75 Å². The monoisotopic (exact) mass is 394 g/mol. The zero-order valence-electron chi connectivity index (χ0n) is 15.2. The van der Waals surface area contributed by atoms with Crippen molar-refractivity contribution >= 4 is 29.1 Å². The van der Waals surface area contributed by atoms with Crippen molar-refractivity contribution < 1.29 is 14.3 Å². The van der Waals surface area contributed by atoms with Crippen LogP contribution in [0.15, 0.2) is 72.8 Å². The molecule has 0 aliphatic carbocycles. The molecule has 3 aromatic rings. The highest BCUT2D eigenvalue weighted by Crippen LogP contribution is 2.17. The van der Waals surface area contributed by atoms with Crippen LogP contribution in [0, 0.1) is 0 Å². The Labute approximate surface area is 168 Å². The number of carbonyl (C=O) groups is 2. The molecule has 2 N–H and O–H groups in total. The predicted molar refractivity (Wildman–Crippen MR) is 110 cm³/mol. The van der Waals surface area contributed by atoms with Crippen molar-refractivity contribution in [2.45, 2.75) is 6.54 Å². The van der Waals surface area contributed by atoms with Crippen LogP contribution < -0.4 is 15.4 Å². The van der Waals surface area contributed by atoms with Gasteiger partial charge in [0, 0.05) is 33.9 Å². The number of halogens is 1. The van der Waals surface area contributed by atoms with Crippen LogP contribution in [-0.4, -0.2) is 18.9 Å². The Bertz CT molecular complexity index is 987. The lowest BCUT2D eigenvalue weighted by Gasteiger charge is -2.10. The molecule has 0 fully saturated rings. The molecule has 0 spiro atoms. The van der Waals surface area contributed by atoms with E-state index in [4.69, 9.17) is 16.3 Å². The van der Waals surface area contributed by atoms with Crippen molar-refractivity contribution in [2.24, 2.45) is 0 Å². The Kier molecular flexibility index (Phi) is 6.29. The minimum Gasteiger partial charge on any atom is -0.496 e. The van der Waals surface area contributed by atoms with E-state index in [1.165, 1.54) is 0 Å². The number of benzene rings is 3. The van der Waals surface area contributed by atoms with Gasteiger partial charge in [0.15, 0.2) is 0 Å². The minimum atomic E-state index is -0.304. The van der Waals surface area contributed by atoms with E-state index in [1.807, 2.05) is 24.3 Å². The van der Waals surface area contributed by atoms with E-state index in [1.54, 1.807) is 55.6 Å². The second kappa shape index (κ2) is 9.06. The van der Waals surface area contributed by atoms with E-state index in [2.05, 4.69) is 10.6 Å². The van der Waals surface area contributed by atoms with Gasteiger partial charge in [-0.3, -0.25) is 9.59 Å². The van der Waals surface area contributed by atoms with Gasteiger partial charge in [-0.15, -0.1) is 0 Å². The Morgan fingerprint density at radius 3 is 2.29 bits per heavy atom. The number of hydrogen-bond acceptors (Lipinski definition) is 3. The topological polar surface area (TPSA) is 67.4 Å². The molecule has 28 heavy (non-hydrogen) atoms. The zero-order valence-corrected chi connectivity index (χ0v) is 16.0. The van der Waals surface area contributed by atoms with Gasteiger partial charge in [-0.05, 0) is 48.5 Å². The van der Waals surface area contributed by atoms with Gasteiger partial charge in [0.05, 0.1) is 7.11 Å². The van der Waals surface area contributed by atoms with E-state index >= 15 is 0 Å². The van der Waals surface area contributed by atoms with E-state index in [0.29, 0.717) is 34.1 Å². The van der Waals surface area contributed by atoms with Gasteiger partial charge in [0.25, 0.3) is 11.8 Å². The summed E-state index contributed by atoms with van der Waals surface area (Å²) in [7, 11) is 1.59. The van der Waals surface area contributed by atoms with Crippen LogP contribution >= 0.6 is 11.6 Å². The number of para-hydroxylation sites is 1. The van der Waals surface area contributed by atoms with Gasteiger partial charge in [-0.1, -0.05) is 35.9 Å². The number of hydrogen-bond donors (Lipinski definition) is 2. The Morgan fingerprint density at radius 2 is 1.57 bits per heavy atom. The number of carbonyl (C=O) groups excluding carboxylic acids is 2. The van der Waals surface area contributed by atoms with Crippen LogP contribution in [-0.2, 0) is 6.54 Å². The van der Waals surface area contributed by atoms with Gasteiger partial charge < -0.3 is 15.4 Å². The highest BCUT2D eigenvalue weighted by atomic mass is 35.5. The molecule has 2 amide bonds. The summed E-state index contributed by atoms with van der Waals surface area (Å²) in [5.74, 6) is 0.132. The minimum absolute atomic E-state index is 0.271. The Morgan fingerprint density at radius 1 is 0.893 bits per heavy atom.